The van der Waals surface area contributed by atoms with Crippen LogP contribution in [0, 0.1) is 19.8 Å². The van der Waals surface area contributed by atoms with Gasteiger partial charge in [-0.15, -0.1) is 0 Å². The highest BCUT2D eigenvalue weighted by atomic mass is 16.5. The molecule has 2 amide bonds. The van der Waals surface area contributed by atoms with Gasteiger partial charge < -0.3 is 19.7 Å². The summed E-state index contributed by atoms with van der Waals surface area (Å²) in [6.07, 6.45) is 2.35. The smallest absolute Gasteiger partial charge is 0.253 e. The maximum absolute atomic E-state index is 13.0. The van der Waals surface area contributed by atoms with Gasteiger partial charge in [-0.25, -0.2) is 0 Å². The third kappa shape index (κ3) is 6.73. The molecule has 0 aliphatic carbocycles. The molecule has 1 aliphatic rings. The number of rotatable bonds is 9. The van der Waals surface area contributed by atoms with Gasteiger partial charge in [-0.2, -0.15) is 0 Å². The van der Waals surface area contributed by atoms with Crippen molar-refractivity contribution in [2.75, 3.05) is 32.8 Å². The maximum Gasteiger partial charge on any atom is 0.253 e. The fraction of sp³-hybridized carbons (Fsp3) is 0.481. The van der Waals surface area contributed by atoms with Crippen molar-refractivity contribution in [3.63, 3.8) is 0 Å². The average molecular weight is 453 g/mol. The molecule has 1 unspecified atom stereocenters. The highest BCUT2D eigenvalue weighted by molar-refractivity contribution is 5.95. The summed E-state index contributed by atoms with van der Waals surface area (Å²) in [5.74, 6) is 1.33. The summed E-state index contributed by atoms with van der Waals surface area (Å²) in [5, 5.41) is 3.06. The molecule has 1 atom stereocenters. The van der Waals surface area contributed by atoms with Gasteiger partial charge in [0.25, 0.3) is 5.91 Å². The van der Waals surface area contributed by atoms with Crippen LogP contribution in [0.25, 0.3) is 0 Å². The van der Waals surface area contributed by atoms with Gasteiger partial charge in [0.05, 0.1) is 19.1 Å². The standard InChI is InChI=1S/C27H36N2O4/c1-5-32-24-10-9-21(17-25(24)33-6-2)11-12-28-26(30)22-8-7-13-29(18-22)27(31)23-15-19(3)14-20(4)16-23/h9-10,14-17,22H,5-8,11-13,18H2,1-4H3,(H,28,30). The van der Waals surface area contributed by atoms with Crippen LogP contribution in [0.15, 0.2) is 36.4 Å². The zero-order valence-electron chi connectivity index (χ0n) is 20.3. The van der Waals surface area contributed by atoms with Crippen molar-refractivity contribution >= 4 is 11.8 Å². The van der Waals surface area contributed by atoms with Crippen LogP contribution in [-0.2, 0) is 11.2 Å². The summed E-state index contributed by atoms with van der Waals surface area (Å²) in [6, 6.07) is 11.8. The molecule has 2 aromatic carbocycles. The summed E-state index contributed by atoms with van der Waals surface area (Å²) in [7, 11) is 0. The summed E-state index contributed by atoms with van der Waals surface area (Å²) in [6.45, 7) is 10.7. The molecule has 1 heterocycles. The lowest BCUT2D eigenvalue weighted by Gasteiger charge is -2.32. The summed E-state index contributed by atoms with van der Waals surface area (Å²) in [4.78, 5) is 27.6. The average Bonchev–Trinajstić information content (AvgIpc) is 2.80. The minimum atomic E-state index is -0.173. The van der Waals surface area contributed by atoms with Gasteiger partial charge in [-0.3, -0.25) is 9.59 Å². The van der Waals surface area contributed by atoms with E-state index in [1.807, 2.05) is 62.9 Å². The van der Waals surface area contributed by atoms with Crippen molar-refractivity contribution in [3.05, 3.63) is 58.7 Å². The van der Waals surface area contributed by atoms with E-state index in [0.717, 1.165) is 41.0 Å². The molecule has 0 aromatic heterocycles. The number of amides is 2. The molecule has 1 aliphatic heterocycles. The zero-order chi connectivity index (χ0) is 23.8. The molecule has 0 bridgehead atoms. The number of likely N-dealkylation sites (tertiary alicyclic amines) is 1. The maximum atomic E-state index is 13.0. The molecule has 3 rings (SSSR count). The first kappa shape index (κ1) is 24.6. The Morgan fingerprint density at radius 1 is 1.00 bits per heavy atom. The first-order chi connectivity index (χ1) is 15.9. The number of benzene rings is 2. The molecule has 33 heavy (non-hydrogen) atoms. The molecular formula is C27H36N2O4. The predicted molar refractivity (Wildman–Crippen MR) is 130 cm³/mol. The molecule has 0 radical (unpaired) electrons. The van der Waals surface area contributed by atoms with Gasteiger partial charge in [0, 0.05) is 25.2 Å². The monoisotopic (exact) mass is 452 g/mol. The van der Waals surface area contributed by atoms with Crippen LogP contribution in [0.3, 0.4) is 0 Å². The molecule has 0 spiro atoms. The topological polar surface area (TPSA) is 67.9 Å². The normalized spacial score (nSPS) is 15.8. The minimum absolute atomic E-state index is 0.0112. The van der Waals surface area contributed by atoms with Gasteiger partial charge in [0.1, 0.15) is 0 Å². The molecule has 1 fully saturated rings. The van der Waals surface area contributed by atoms with E-state index >= 15 is 0 Å². The van der Waals surface area contributed by atoms with Crippen LogP contribution in [0.1, 0.15) is 53.7 Å². The van der Waals surface area contributed by atoms with Gasteiger partial charge in [0.2, 0.25) is 5.91 Å². The van der Waals surface area contributed by atoms with Crippen molar-refractivity contribution in [2.45, 2.75) is 47.0 Å². The van der Waals surface area contributed by atoms with E-state index in [1.54, 1.807) is 0 Å². The van der Waals surface area contributed by atoms with Gasteiger partial charge >= 0.3 is 0 Å². The third-order valence-electron chi connectivity index (χ3n) is 5.87. The second-order valence-electron chi connectivity index (χ2n) is 8.65. The first-order valence-electron chi connectivity index (χ1n) is 11.9. The summed E-state index contributed by atoms with van der Waals surface area (Å²) >= 11 is 0. The molecule has 178 valence electrons. The lowest BCUT2D eigenvalue weighted by molar-refractivity contribution is -0.126. The van der Waals surface area contributed by atoms with E-state index < -0.39 is 0 Å². The zero-order valence-corrected chi connectivity index (χ0v) is 20.3. The number of hydrogen-bond acceptors (Lipinski definition) is 4. The van der Waals surface area contributed by atoms with Crippen molar-refractivity contribution in [3.8, 4) is 11.5 Å². The lowest BCUT2D eigenvalue weighted by Crippen LogP contribution is -2.45. The third-order valence-corrected chi connectivity index (χ3v) is 5.87. The Hall–Kier alpha value is -3.02. The fourth-order valence-corrected chi connectivity index (χ4v) is 4.38. The van der Waals surface area contributed by atoms with Crippen LogP contribution < -0.4 is 14.8 Å². The number of ether oxygens (including phenoxy) is 2. The predicted octanol–water partition coefficient (Wildman–Crippen LogP) is 4.31. The van der Waals surface area contributed by atoms with E-state index in [2.05, 4.69) is 11.4 Å². The van der Waals surface area contributed by atoms with Gasteiger partial charge in [0.15, 0.2) is 11.5 Å². The number of carbonyl (C=O) groups is 2. The second-order valence-corrected chi connectivity index (χ2v) is 8.65. The van der Waals surface area contributed by atoms with E-state index in [4.69, 9.17) is 9.47 Å². The fourth-order valence-electron chi connectivity index (χ4n) is 4.38. The van der Waals surface area contributed by atoms with Crippen molar-refractivity contribution < 1.29 is 19.1 Å². The number of piperidine rings is 1. The van der Waals surface area contributed by atoms with Crippen LogP contribution in [0.4, 0.5) is 0 Å². The van der Waals surface area contributed by atoms with E-state index in [9.17, 15) is 9.59 Å². The summed E-state index contributed by atoms with van der Waals surface area (Å²) in [5.41, 5.74) is 3.93. The lowest BCUT2D eigenvalue weighted by atomic mass is 9.96. The minimum Gasteiger partial charge on any atom is -0.490 e. The van der Waals surface area contributed by atoms with E-state index in [0.29, 0.717) is 44.8 Å². The molecule has 6 nitrogen and oxygen atoms in total. The Morgan fingerprint density at radius 3 is 2.39 bits per heavy atom. The molecule has 1 saturated heterocycles. The van der Waals surface area contributed by atoms with Gasteiger partial charge in [-0.1, -0.05) is 23.3 Å². The highest BCUT2D eigenvalue weighted by Crippen LogP contribution is 2.28. The Morgan fingerprint density at radius 2 is 1.70 bits per heavy atom. The number of nitrogens with one attached hydrogen (secondary N) is 1. The summed E-state index contributed by atoms with van der Waals surface area (Å²) < 4.78 is 11.3. The second kappa shape index (κ2) is 11.7. The molecule has 6 heteroatoms. The van der Waals surface area contributed by atoms with Gasteiger partial charge in [-0.05, 0) is 76.8 Å². The largest absolute Gasteiger partial charge is 0.490 e. The van der Waals surface area contributed by atoms with Crippen molar-refractivity contribution in [1.29, 1.82) is 0 Å². The van der Waals surface area contributed by atoms with Crippen LogP contribution in [-0.4, -0.2) is 49.6 Å². The van der Waals surface area contributed by atoms with Crippen LogP contribution in [0.2, 0.25) is 0 Å². The van der Waals surface area contributed by atoms with Crippen LogP contribution >= 0.6 is 0 Å². The Labute approximate surface area is 197 Å². The van der Waals surface area contributed by atoms with Crippen molar-refractivity contribution in [2.24, 2.45) is 5.92 Å². The van der Waals surface area contributed by atoms with E-state index in [-0.39, 0.29) is 17.7 Å². The molecular weight excluding hydrogens is 416 g/mol. The Balaban J connectivity index is 1.54. The highest BCUT2D eigenvalue weighted by Gasteiger charge is 2.29. The van der Waals surface area contributed by atoms with Crippen LogP contribution in [0.5, 0.6) is 11.5 Å². The first-order valence-corrected chi connectivity index (χ1v) is 11.9. The van der Waals surface area contributed by atoms with E-state index in [1.165, 1.54) is 0 Å². The number of hydrogen-bond donors (Lipinski definition) is 1. The Kier molecular flexibility index (Phi) is 8.75. The SMILES string of the molecule is CCOc1ccc(CCNC(=O)C2CCCN(C(=O)c3cc(C)cc(C)c3)C2)cc1OCC. The Bertz CT molecular complexity index is 952. The molecule has 1 N–H and O–H groups in total. The molecule has 2 aromatic rings. The number of carbonyl (C=O) groups excluding carboxylic acids is 2. The molecule has 0 saturated carbocycles. The van der Waals surface area contributed by atoms with Crippen molar-refractivity contribution in [1.82, 2.24) is 10.2 Å². The quantitative estimate of drug-likeness (QED) is 0.616. The number of aryl methyl sites for hydroxylation is 2. The number of nitrogens with zero attached hydrogens (tertiary/aromatic N) is 1.